The SMILES string of the molecule is CCOC(COCCCCC[Si](OCC)(OCC)OCC)OC. The second-order valence-corrected chi connectivity index (χ2v) is 7.72. The Morgan fingerprint density at radius 3 is 1.87 bits per heavy atom. The minimum absolute atomic E-state index is 0.270. The average molecular weight is 353 g/mol. The van der Waals surface area contributed by atoms with Crippen LogP contribution in [0.15, 0.2) is 0 Å². The molecule has 1 unspecified atom stereocenters. The average Bonchev–Trinajstić information content (AvgIpc) is 2.53. The van der Waals surface area contributed by atoms with Crippen LogP contribution in [-0.4, -0.2) is 61.8 Å². The van der Waals surface area contributed by atoms with Gasteiger partial charge >= 0.3 is 8.80 Å². The van der Waals surface area contributed by atoms with Gasteiger partial charge in [-0.2, -0.15) is 0 Å². The first-order valence-corrected chi connectivity index (χ1v) is 10.7. The molecule has 0 spiro atoms. The summed E-state index contributed by atoms with van der Waals surface area (Å²) in [6.45, 7) is 11.6. The van der Waals surface area contributed by atoms with E-state index in [-0.39, 0.29) is 6.29 Å². The predicted molar refractivity (Wildman–Crippen MR) is 92.5 cm³/mol. The van der Waals surface area contributed by atoms with Gasteiger partial charge in [-0.25, -0.2) is 0 Å². The highest BCUT2D eigenvalue weighted by molar-refractivity contribution is 6.60. The largest absolute Gasteiger partial charge is 0.500 e. The van der Waals surface area contributed by atoms with Gasteiger partial charge in [0, 0.05) is 46.2 Å². The summed E-state index contributed by atoms with van der Waals surface area (Å²) in [5.74, 6) is 0. The Kier molecular flexibility index (Phi) is 15.5. The highest BCUT2D eigenvalue weighted by atomic mass is 28.4. The van der Waals surface area contributed by atoms with Crippen LogP contribution >= 0.6 is 0 Å². The molecular formula is C16H36O6Si. The molecule has 23 heavy (non-hydrogen) atoms. The Morgan fingerprint density at radius 1 is 0.783 bits per heavy atom. The fourth-order valence-electron chi connectivity index (χ4n) is 2.27. The molecule has 0 aliphatic carbocycles. The van der Waals surface area contributed by atoms with Gasteiger partial charge in [0.15, 0.2) is 6.29 Å². The van der Waals surface area contributed by atoms with Crippen LogP contribution < -0.4 is 0 Å². The molecule has 140 valence electrons. The van der Waals surface area contributed by atoms with Crippen LogP contribution in [0.1, 0.15) is 47.0 Å². The van der Waals surface area contributed by atoms with Crippen molar-refractivity contribution in [3.05, 3.63) is 0 Å². The second kappa shape index (κ2) is 15.5. The van der Waals surface area contributed by atoms with E-state index >= 15 is 0 Å². The standard InChI is InChI=1S/C16H36O6Si/c1-6-19-16(17-5)15-18-13-11-10-12-14-23(20-7-2,21-8-3)22-9-4/h16H,6-15H2,1-5H3. The molecule has 0 N–H and O–H groups in total. The molecule has 0 radical (unpaired) electrons. The van der Waals surface area contributed by atoms with Crippen LogP contribution in [0.5, 0.6) is 0 Å². The van der Waals surface area contributed by atoms with Gasteiger partial charge in [-0.1, -0.05) is 6.42 Å². The van der Waals surface area contributed by atoms with E-state index in [9.17, 15) is 0 Å². The molecule has 0 amide bonds. The molecule has 7 heteroatoms. The zero-order valence-electron chi connectivity index (χ0n) is 15.6. The van der Waals surface area contributed by atoms with Crippen LogP contribution in [0.2, 0.25) is 6.04 Å². The Hall–Kier alpha value is -0.0231. The Balaban J connectivity index is 3.88. The van der Waals surface area contributed by atoms with E-state index in [1.807, 2.05) is 27.7 Å². The first kappa shape index (κ1) is 23.0. The van der Waals surface area contributed by atoms with Gasteiger partial charge in [0.1, 0.15) is 0 Å². The molecule has 0 fully saturated rings. The quantitative estimate of drug-likeness (QED) is 0.228. The van der Waals surface area contributed by atoms with E-state index in [0.717, 1.165) is 25.3 Å². The number of unbranched alkanes of at least 4 members (excludes halogenated alkanes) is 2. The van der Waals surface area contributed by atoms with E-state index in [0.29, 0.717) is 39.6 Å². The van der Waals surface area contributed by atoms with E-state index in [1.54, 1.807) is 7.11 Å². The van der Waals surface area contributed by atoms with Crippen molar-refractivity contribution >= 4 is 8.80 Å². The first-order chi connectivity index (χ1) is 11.2. The molecule has 0 heterocycles. The minimum atomic E-state index is -2.48. The van der Waals surface area contributed by atoms with E-state index in [1.165, 1.54) is 0 Å². The summed E-state index contributed by atoms with van der Waals surface area (Å²) in [5.41, 5.74) is 0. The van der Waals surface area contributed by atoms with Crippen molar-refractivity contribution in [2.24, 2.45) is 0 Å². The molecule has 1 atom stereocenters. The van der Waals surface area contributed by atoms with Gasteiger partial charge in [-0.05, 0) is 40.5 Å². The second-order valence-electron chi connectivity index (χ2n) is 4.99. The molecule has 6 nitrogen and oxygen atoms in total. The number of methoxy groups -OCH3 is 1. The maximum absolute atomic E-state index is 5.84. The van der Waals surface area contributed by atoms with Crippen molar-refractivity contribution in [2.45, 2.75) is 59.3 Å². The highest BCUT2D eigenvalue weighted by Crippen LogP contribution is 2.19. The molecule has 0 saturated heterocycles. The number of hydrogen-bond acceptors (Lipinski definition) is 6. The maximum atomic E-state index is 5.84. The van der Waals surface area contributed by atoms with Gasteiger partial charge in [-0.15, -0.1) is 0 Å². The van der Waals surface area contributed by atoms with Crippen LogP contribution in [0.25, 0.3) is 0 Å². The van der Waals surface area contributed by atoms with E-state index in [4.69, 9.17) is 27.5 Å². The first-order valence-electron chi connectivity index (χ1n) is 8.81. The summed E-state index contributed by atoms with van der Waals surface area (Å²) in [4.78, 5) is 0. The van der Waals surface area contributed by atoms with Crippen LogP contribution in [0.3, 0.4) is 0 Å². The van der Waals surface area contributed by atoms with Gasteiger partial charge in [0.2, 0.25) is 0 Å². The third kappa shape index (κ3) is 11.2. The van der Waals surface area contributed by atoms with Gasteiger partial charge in [0.25, 0.3) is 0 Å². The molecule has 0 bridgehead atoms. The fraction of sp³-hybridized carbons (Fsp3) is 1.00. The normalized spacial score (nSPS) is 13.4. The summed E-state index contributed by atoms with van der Waals surface area (Å²) < 4.78 is 33.6. The van der Waals surface area contributed by atoms with Gasteiger partial charge in [0.05, 0.1) is 6.61 Å². The lowest BCUT2D eigenvalue weighted by Crippen LogP contribution is -2.45. The predicted octanol–water partition coefficient (Wildman–Crippen LogP) is 3.23. The summed E-state index contributed by atoms with van der Waals surface area (Å²) >= 11 is 0. The summed E-state index contributed by atoms with van der Waals surface area (Å²) in [6.07, 6.45) is 2.81. The molecule has 0 saturated carbocycles. The van der Waals surface area contributed by atoms with E-state index < -0.39 is 8.80 Å². The van der Waals surface area contributed by atoms with Crippen molar-refractivity contribution < 1.29 is 27.5 Å². The van der Waals surface area contributed by atoms with Crippen molar-refractivity contribution in [3.63, 3.8) is 0 Å². The van der Waals surface area contributed by atoms with Crippen molar-refractivity contribution in [1.29, 1.82) is 0 Å². The smallest absolute Gasteiger partial charge is 0.376 e. The molecule has 0 aromatic rings. The zero-order chi connectivity index (χ0) is 17.4. The van der Waals surface area contributed by atoms with Crippen LogP contribution in [0, 0.1) is 0 Å². The van der Waals surface area contributed by atoms with Crippen LogP contribution in [0.4, 0.5) is 0 Å². The summed E-state index contributed by atoms with van der Waals surface area (Å²) in [6, 6.07) is 0.863. The lowest BCUT2D eigenvalue weighted by Gasteiger charge is -2.28. The van der Waals surface area contributed by atoms with Crippen molar-refractivity contribution in [2.75, 3.05) is 46.8 Å². The molecule has 0 aromatic heterocycles. The molecule has 0 rings (SSSR count). The fourth-order valence-corrected chi connectivity index (χ4v) is 4.96. The Labute approximate surface area is 143 Å². The third-order valence-electron chi connectivity index (χ3n) is 3.23. The molecule has 0 aliphatic rings. The van der Waals surface area contributed by atoms with E-state index in [2.05, 4.69) is 0 Å². The lowest BCUT2D eigenvalue weighted by molar-refractivity contribution is -0.154. The molecule has 0 aliphatic heterocycles. The van der Waals surface area contributed by atoms with Gasteiger partial charge < -0.3 is 27.5 Å². The number of hydrogen-bond donors (Lipinski definition) is 0. The van der Waals surface area contributed by atoms with Crippen molar-refractivity contribution in [1.82, 2.24) is 0 Å². The third-order valence-corrected chi connectivity index (χ3v) is 6.39. The summed E-state index contributed by atoms with van der Waals surface area (Å²) in [5, 5.41) is 0. The molecule has 0 aromatic carbocycles. The maximum Gasteiger partial charge on any atom is 0.500 e. The minimum Gasteiger partial charge on any atom is -0.376 e. The zero-order valence-corrected chi connectivity index (χ0v) is 16.6. The Bertz CT molecular complexity index is 238. The highest BCUT2D eigenvalue weighted by Gasteiger charge is 2.39. The van der Waals surface area contributed by atoms with Crippen LogP contribution in [-0.2, 0) is 27.5 Å². The topological polar surface area (TPSA) is 55.4 Å². The monoisotopic (exact) mass is 352 g/mol. The molecular weight excluding hydrogens is 316 g/mol. The van der Waals surface area contributed by atoms with Gasteiger partial charge in [-0.3, -0.25) is 0 Å². The number of rotatable bonds is 17. The lowest BCUT2D eigenvalue weighted by atomic mass is 10.3. The number of ether oxygens (including phenoxy) is 3. The summed E-state index contributed by atoms with van der Waals surface area (Å²) in [7, 11) is -0.851. The van der Waals surface area contributed by atoms with Crippen molar-refractivity contribution in [3.8, 4) is 0 Å². The Morgan fingerprint density at radius 2 is 1.39 bits per heavy atom.